The van der Waals surface area contributed by atoms with E-state index in [0.29, 0.717) is 13.0 Å². The number of nitrogens with zero attached hydrogens (tertiary/aromatic N) is 1. The van der Waals surface area contributed by atoms with Crippen LogP contribution in [0.25, 0.3) is 0 Å². The van der Waals surface area contributed by atoms with Crippen LogP contribution in [0, 0.1) is 0 Å². The number of rotatable bonds is 8. The number of hydrogen-bond donors (Lipinski definition) is 2. The first-order valence-electron chi connectivity index (χ1n) is 9.78. The van der Waals surface area contributed by atoms with Gasteiger partial charge in [-0.3, -0.25) is 4.79 Å². The number of hydrogen-bond acceptors (Lipinski definition) is 3. The van der Waals surface area contributed by atoms with Gasteiger partial charge in [0.05, 0.1) is 6.42 Å². The van der Waals surface area contributed by atoms with E-state index in [9.17, 15) is 19.8 Å². The van der Waals surface area contributed by atoms with Crippen LogP contribution in [0.2, 0.25) is 0 Å². The van der Waals surface area contributed by atoms with Gasteiger partial charge < -0.3 is 15.1 Å². The van der Waals surface area contributed by atoms with Crippen molar-refractivity contribution in [2.75, 3.05) is 6.54 Å². The molecular formula is C22H26NO4P. The van der Waals surface area contributed by atoms with Crippen molar-refractivity contribution in [1.82, 2.24) is 4.90 Å². The van der Waals surface area contributed by atoms with Gasteiger partial charge in [0.15, 0.2) is 0 Å². The maximum absolute atomic E-state index is 12.7. The highest BCUT2D eigenvalue weighted by atomic mass is 31.0. The minimum absolute atomic E-state index is 0.155. The normalized spacial score (nSPS) is 16.6. The fraction of sp³-hybridized carbons (Fsp3) is 0.409. The van der Waals surface area contributed by atoms with E-state index in [-0.39, 0.29) is 18.1 Å². The van der Waals surface area contributed by atoms with Crippen LogP contribution in [-0.2, 0) is 28.9 Å². The van der Waals surface area contributed by atoms with E-state index in [1.807, 2.05) is 24.0 Å². The molecule has 0 spiro atoms. The summed E-state index contributed by atoms with van der Waals surface area (Å²) in [6.45, 7) is 0.498. The van der Waals surface area contributed by atoms with Gasteiger partial charge in [-0.05, 0) is 61.2 Å². The number of aryl methyl sites for hydroxylation is 1. The van der Waals surface area contributed by atoms with Gasteiger partial charge in [0, 0.05) is 12.1 Å². The molecule has 0 bridgehead atoms. The number of aromatic hydroxyl groups is 1. The smallest absolute Gasteiger partial charge is 0.326 e. The highest BCUT2D eigenvalue weighted by molar-refractivity contribution is 7.30. The van der Waals surface area contributed by atoms with Crippen molar-refractivity contribution in [3.8, 4) is 5.75 Å². The van der Waals surface area contributed by atoms with E-state index in [4.69, 9.17) is 0 Å². The Labute approximate surface area is 167 Å². The molecule has 1 aromatic heterocycles. The van der Waals surface area contributed by atoms with Crippen molar-refractivity contribution in [1.29, 1.82) is 0 Å². The summed E-state index contributed by atoms with van der Waals surface area (Å²) in [5.41, 5.74) is 2.15. The predicted molar refractivity (Wildman–Crippen MR) is 110 cm³/mol. The van der Waals surface area contributed by atoms with Gasteiger partial charge >= 0.3 is 5.97 Å². The Balaban J connectivity index is 1.61. The number of benzene rings is 1. The summed E-state index contributed by atoms with van der Waals surface area (Å²) in [6.07, 6.45) is 5.07. The van der Waals surface area contributed by atoms with Gasteiger partial charge in [0.2, 0.25) is 5.91 Å². The Morgan fingerprint density at radius 3 is 2.61 bits per heavy atom. The van der Waals surface area contributed by atoms with Crippen LogP contribution < -0.4 is 0 Å². The molecule has 1 aromatic carbocycles. The summed E-state index contributed by atoms with van der Waals surface area (Å²) in [4.78, 5) is 25.5. The summed E-state index contributed by atoms with van der Waals surface area (Å²) in [5, 5.41) is 20.5. The SMILES string of the molecule is O=C(O)[C@@H]1CCCN1C(=O)Cc1pccc(O)c1CCCCc1ccccc1. The Hall–Kier alpha value is -2.39. The molecular weight excluding hydrogens is 373 g/mol. The van der Waals surface area contributed by atoms with Crippen molar-refractivity contribution in [3.63, 3.8) is 0 Å². The zero-order valence-corrected chi connectivity index (χ0v) is 16.8. The van der Waals surface area contributed by atoms with Crippen molar-refractivity contribution >= 4 is 20.1 Å². The molecule has 28 heavy (non-hydrogen) atoms. The van der Waals surface area contributed by atoms with E-state index >= 15 is 0 Å². The number of carbonyl (C=O) groups is 2. The van der Waals surface area contributed by atoms with Crippen molar-refractivity contribution in [2.45, 2.75) is 51.0 Å². The van der Waals surface area contributed by atoms with Crippen LogP contribution in [0.5, 0.6) is 5.75 Å². The summed E-state index contributed by atoms with van der Waals surface area (Å²) in [5.74, 6) is 0.982. The standard InChI is InChI=1S/C22H26NO4P/c24-19-12-14-28-20(15-21(25)23-13-6-11-18(23)22(26)27)17(19)10-5-4-9-16-7-2-1-3-8-16/h1-3,7-8,12,14,18,24H,4-6,9-11,13,15H2,(H,26,27)/t18-/m0/s1. The lowest BCUT2D eigenvalue weighted by Gasteiger charge is -2.22. The molecule has 1 aliphatic heterocycles. The minimum atomic E-state index is -0.934. The van der Waals surface area contributed by atoms with Crippen molar-refractivity contribution < 1.29 is 19.8 Å². The zero-order chi connectivity index (χ0) is 19.9. The van der Waals surface area contributed by atoms with Crippen molar-refractivity contribution in [2.24, 2.45) is 0 Å². The number of carboxylic acid groups (broad SMARTS) is 1. The Morgan fingerprint density at radius 2 is 1.86 bits per heavy atom. The van der Waals surface area contributed by atoms with E-state index < -0.39 is 12.0 Å². The molecule has 1 amide bonds. The maximum atomic E-state index is 12.7. The van der Waals surface area contributed by atoms with E-state index in [1.165, 1.54) is 10.5 Å². The predicted octanol–water partition coefficient (Wildman–Crippen LogP) is 4.16. The second-order valence-corrected chi connectivity index (χ2v) is 8.30. The first-order chi connectivity index (χ1) is 13.6. The molecule has 2 N–H and O–H groups in total. The van der Waals surface area contributed by atoms with Crippen molar-refractivity contribution in [3.05, 3.63) is 58.6 Å². The third-order valence-electron chi connectivity index (χ3n) is 5.28. The Kier molecular flexibility index (Phi) is 7.05. The van der Waals surface area contributed by atoms with Crippen LogP contribution in [0.4, 0.5) is 0 Å². The second-order valence-electron chi connectivity index (χ2n) is 7.21. The van der Waals surface area contributed by atoms with Crippen LogP contribution in [0.15, 0.2) is 42.2 Å². The molecule has 2 heterocycles. The van der Waals surface area contributed by atoms with Gasteiger partial charge in [-0.25, -0.2) is 4.79 Å². The van der Waals surface area contributed by atoms with Gasteiger partial charge in [-0.15, -0.1) is 0 Å². The average Bonchev–Trinajstić information content (AvgIpc) is 3.18. The molecule has 0 aliphatic carbocycles. The Morgan fingerprint density at radius 1 is 1.11 bits per heavy atom. The van der Waals surface area contributed by atoms with Gasteiger partial charge in [-0.1, -0.05) is 38.5 Å². The average molecular weight is 399 g/mol. The van der Waals surface area contributed by atoms with Crippen LogP contribution >= 0.6 is 8.19 Å². The lowest BCUT2D eigenvalue weighted by atomic mass is 10.0. The monoisotopic (exact) mass is 399 g/mol. The lowest BCUT2D eigenvalue weighted by molar-refractivity contribution is -0.147. The third kappa shape index (κ3) is 5.11. The lowest BCUT2D eigenvalue weighted by Crippen LogP contribution is -2.41. The maximum Gasteiger partial charge on any atom is 0.326 e. The summed E-state index contributed by atoms with van der Waals surface area (Å²) >= 11 is 0. The van der Waals surface area contributed by atoms with Crippen LogP contribution in [0.1, 0.15) is 42.1 Å². The number of likely N-dealkylation sites (tertiary alicyclic amines) is 1. The van der Waals surface area contributed by atoms with E-state index in [2.05, 4.69) is 12.1 Å². The van der Waals surface area contributed by atoms with Gasteiger partial charge in [0.1, 0.15) is 11.8 Å². The number of aliphatic carboxylic acids is 1. The largest absolute Gasteiger partial charge is 0.508 e. The number of unbranched alkanes of at least 4 members (excludes halogenated alkanes) is 1. The summed E-state index contributed by atoms with van der Waals surface area (Å²) < 4.78 is 0. The molecule has 0 saturated carbocycles. The zero-order valence-electron chi connectivity index (χ0n) is 15.9. The number of amides is 1. The van der Waals surface area contributed by atoms with Crippen LogP contribution in [0.3, 0.4) is 0 Å². The molecule has 1 saturated heterocycles. The molecule has 148 valence electrons. The van der Waals surface area contributed by atoms with Gasteiger partial charge in [0.25, 0.3) is 0 Å². The highest BCUT2D eigenvalue weighted by Crippen LogP contribution is 2.31. The van der Waals surface area contributed by atoms with E-state index in [0.717, 1.165) is 51.2 Å². The molecule has 1 fully saturated rings. The Bertz CT molecular complexity index is 825. The minimum Gasteiger partial charge on any atom is -0.508 e. The summed E-state index contributed by atoms with van der Waals surface area (Å²) in [6, 6.07) is 11.3. The third-order valence-corrected chi connectivity index (χ3v) is 6.32. The fourth-order valence-corrected chi connectivity index (χ4v) is 4.80. The highest BCUT2D eigenvalue weighted by Gasteiger charge is 2.34. The number of carbonyl (C=O) groups excluding carboxylic acids is 1. The first-order valence-corrected chi connectivity index (χ1v) is 10.7. The fourth-order valence-electron chi connectivity index (χ4n) is 3.79. The molecule has 2 aromatic rings. The van der Waals surface area contributed by atoms with E-state index in [1.54, 1.807) is 6.07 Å². The number of carboxylic acids is 1. The van der Waals surface area contributed by atoms with Crippen LogP contribution in [-0.4, -0.2) is 39.6 Å². The quantitative estimate of drug-likeness (QED) is 0.654. The molecule has 0 unspecified atom stereocenters. The second kappa shape index (κ2) is 9.70. The van der Waals surface area contributed by atoms with Gasteiger partial charge in [-0.2, -0.15) is 0 Å². The summed E-state index contributed by atoms with van der Waals surface area (Å²) in [7, 11) is 0.906. The molecule has 1 atom stereocenters. The topological polar surface area (TPSA) is 77.8 Å². The molecule has 6 heteroatoms. The molecule has 0 radical (unpaired) electrons. The molecule has 1 aliphatic rings. The molecule has 3 rings (SSSR count). The molecule has 5 nitrogen and oxygen atoms in total. The first kappa shape index (κ1) is 20.3.